The van der Waals surface area contributed by atoms with Gasteiger partial charge >= 0.3 is 0 Å². The van der Waals surface area contributed by atoms with E-state index in [0.29, 0.717) is 0 Å². The summed E-state index contributed by atoms with van der Waals surface area (Å²) in [5, 5.41) is 9.59. The van der Waals surface area contributed by atoms with Gasteiger partial charge in [-0.3, -0.25) is 9.89 Å². The second kappa shape index (κ2) is 5.04. The first-order valence-electron chi connectivity index (χ1n) is 5.95. The summed E-state index contributed by atoms with van der Waals surface area (Å²) in [7, 11) is 0. The molecule has 2 aromatic rings. The van der Waals surface area contributed by atoms with Crippen LogP contribution in [-0.4, -0.2) is 16.1 Å². The molecule has 1 heterocycles. The van der Waals surface area contributed by atoms with Crippen molar-refractivity contribution in [3.63, 3.8) is 0 Å². The molecule has 0 fully saturated rings. The Labute approximate surface area is 106 Å². The van der Waals surface area contributed by atoms with Crippen molar-refractivity contribution in [3.05, 3.63) is 52.8 Å². The van der Waals surface area contributed by atoms with Crippen molar-refractivity contribution in [1.82, 2.24) is 15.5 Å². The van der Waals surface area contributed by atoms with E-state index in [2.05, 4.69) is 15.5 Å². The summed E-state index contributed by atoms with van der Waals surface area (Å²) in [6.45, 7) is 5.91. The lowest BCUT2D eigenvalue weighted by molar-refractivity contribution is 0.0939. The molecule has 0 saturated heterocycles. The van der Waals surface area contributed by atoms with Crippen molar-refractivity contribution in [2.75, 3.05) is 0 Å². The normalized spacial score (nSPS) is 12.2. The van der Waals surface area contributed by atoms with E-state index in [-0.39, 0.29) is 11.9 Å². The van der Waals surface area contributed by atoms with Gasteiger partial charge in [0.1, 0.15) is 0 Å². The van der Waals surface area contributed by atoms with E-state index in [1.54, 1.807) is 12.4 Å². The van der Waals surface area contributed by atoms with Crippen LogP contribution in [0, 0.1) is 13.8 Å². The Kier molecular flexibility index (Phi) is 3.46. The van der Waals surface area contributed by atoms with Crippen molar-refractivity contribution < 1.29 is 4.79 Å². The van der Waals surface area contributed by atoms with Crippen LogP contribution in [0.15, 0.2) is 30.6 Å². The molecule has 1 aromatic heterocycles. The minimum Gasteiger partial charge on any atom is -0.345 e. The van der Waals surface area contributed by atoms with Gasteiger partial charge in [-0.05, 0) is 38.0 Å². The van der Waals surface area contributed by atoms with Crippen LogP contribution in [0.2, 0.25) is 0 Å². The van der Waals surface area contributed by atoms with E-state index < -0.39 is 0 Å². The first-order chi connectivity index (χ1) is 8.59. The number of benzene rings is 1. The summed E-state index contributed by atoms with van der Waals surface area (Å²) in [6, 6.07) is 5.70. The summed E-state index contributed by atoms with van der Waals surface area (Å²) >= 11 is 0. The maximum absolute atomic E-state index is 12.2. The Bertz CT molecular complexity index is 546. The van der Waals surface area contributed by atoms with Gasteiger partial charge < -0.3 is 5.32 Å². The van der Waals surface area contributed by atoms with E-state index in [4.69, 9.17) is 0 Å². The topological polar surface area (TPSA) is 57.8 Å². The monoisotopic (exact) mass is 243 g/mol. The second-order valence-electron chi connectivity index (χ2n) is 4.47. The standard InChI is InChI=1S/C14H17N3O/c1-9-5-4-6-13(10(9)2)14(18)17-11(3)12-7-15-16-8-12/h4-8,11H,1-3H3,(H,15,16)(H,17,18). The number of aryl methyl sites for hydroxylation is 1. The Hall–Kier alpha value is -2.10. The maximum atomic E-state index is 12.2. The molecule has 0 aliphatic carbocycles. The molecule has 1 atom stereocenters. The molecule has 1 aromatic carbocycles. The highest BCUT2D eigenvalue weighted by molar-refractivity contribution is 5.96. The third-order valence-electron chi connectivity index (χ3n) is 3.22. The summed E-state index contributed by atoms with van der Waals surface area (Å²) in [4.78, 5) is 12.2. The first-order valence-corrected chi connectivity index (χ1v) is 5.95. The number of aromatic nitrogens is 2. The Balaban J connectivity index is 2.15. The van der Waals surface area contributed by atoms with Gasteiger partial charge in [0.25, 0.3) is 5.91 Å². The van der Waals surface area contributed by atoms with E-state index in [9.17, 15) is 4.79 Å². The van der Waals surface area contributed by atoms with Gasteiger partial charge in [-0.1, -0.05) is 12.1 Å². The predicted molar refractivity (Wildman–Crippen MR) is 70.4 cm³/mol. The minimum absolute atomic E-state index is 0.0510. The van der Waals surface area contributed by atoms with E-state index in [0.717, 1.165) is 22.3 Å². The van der Waals surface area contributed by atoms with Crippen molar-refractivity contribution >= 4 is 5.91 Å². The number of H-pyrrole nitrogens is 1. The Morgan fingerprint density at radius 3 is 2.83 bits per heavy atom. The van der Waals surface area contributed by atoms with Crippen LogP contribution >= 0.6 is 0 Å². The van der Waals surface area contributed by atoms with Gasteiger partial charge in [-0.2, -0.15) is 5.10 Å². The van der Waals surface area contributed by atoms with E-state index in [1.807, 2.05) is 39.0 Å². The van der Waals surface area contributed by atoms with Crippen LogP contribution in [-0.2, 0) is 0 Å². The fourth-order valence-electron chi connectivity index (χ4n) is 1.85. The lowest BCUT2D eigenvalue weighted by atomic mass is 10.0. The molecule has 94 valence electrons. The average Bonchev–Trinajstić information content (AvgIpc) is 2.86. The number of aromatic amines is 1. The Morgan fingerprint density at radius 1 is 1.39 bits per heavy atom. The molecule has 1 unspecified atom stereocenters. The van der Waals surface area contributed by atoms with Gasteiger partial charge in [0.05, 0.1) is 12.2 Å². The Morgan fingerprint density at radius 2 is 2.17 bits per heavy atom. The lowest BCUT2D eigenvalue weighted by Crippen LogP contribution is -2.27. The lowest BCUT2D eigenvalue weighted by Gasteiger charge is -2.14. The van der Waals surface area contributed by atoms with Crippen LogP contribution in [0.4, 0.5) is 0 Å². The highest BCUT2D eigenvalue weighted by Crippen LogP contribution is 2.15. The SMILES string of the molecule is Cc1cccc(C(=O)NC(C)c2cn[nH]c2)c1C. The third kappa shape index (κ3) is 2.42. The maximum Gasteiger partial charge on any atom is 0.252 e. The number of nitrogens with one attached hydrogen (secondary N) is 2. The quantitative estimate of drug-likeness (QED) is 0.870. The fourth-order valence-corrected chi connectivity index (χ4v) is 1.85. The van der Waals surface area contributed by atoms with Gasteiger partial charge in [0, 0.05) is 17.3 Å². The molecule has 0 radical (unpaired) electrons. The van der Waals surface area contributed by atoms with Crippen molar-refractivity contribution in [3.8, 4) is 0 Å². The molecule has 2 N–H and O–H groups in total. The molecular formula is C14H17N3O. The first kappa shape index (κ1) is 12.4. The van der Waals surface area contributed by atoms with Gasteiger partial charge in [0.15, 0.2) is 0 Å². The van der Waals surface area contributed by atoms with Crippen LogP contribution in [0.3, 0.4) is 0 Å². The smallest absolute Gasteiger partial charge is 0.252 e. The molecule has 4 heteroatoms. The molecule has 2 rings (SSSR count). The zero-order valence-electron chi connectivity index (χ0n) is 10.8. The van der Waals surface area contributed by atoms with E-state index in [1.165, 1.54) is 0 Å². The zero-order chi connectivity index (χ0) is 13.1. The highest BCUT2D eigenvalue weighted by Gasteiger charge is 2.14. The van der Waals surface area contributed by atoms with Crippen molar-refractivity contribution in [2.24, 2.45) is 0 Å². The number of carbonyl (C=O) groups is 1. The summed E-state index contributed by atoms with van der Waals surface area (Å²) in [5.41, 5.74) is 3.84. The van der Waals surface area contributed by atoms with Crippen LogP contribution < -0.4 is 5.32 Å². The summed E-state index contributed by atoms with van der Waals surface area (Å²) in [6.07, 6.45) is 3.50. The second-order valence-corrected chi connectivity index (χ2v) is 4.47. The number of nitrogens with zero attached hydrogens (tertiary/aromatic N) is 1. The van der Waals surface area contributed by atoms with E-state index >= 15 is 0 Å². The van der Waals surface area contributed by atoms with Gasteiger partial charge in [0.2, 0.25) is 0 Å². The van der Waals surface area contributed by atoms with Crippen molar-refractivity contribution in [1.29, 1.82) is 0 Å². The third-order valence-corrected chi connectivity index (χ3v) is 3.22. The molecule has 0 spiro atoms. The molecule has 4 nitrogen and oxygen atoms in total. The zero-order valence-corrected chi connectivity index (χ0v) is 10.8. The van der Waals surface area contributed by atoms with Crippen LogP contribution in [0.1, 0.15) is 40.0 Å². The average molecular weight is 243 g/mol. The predicted octanol–water partition coefficient (Wildman–Crippen LogP) is 2.52. The number of amides is 1. The van der Waals surface area contributed by atoms with Crippen LogP contribution in [0.5, 0.6) is 0 Å². The van der Waals surface area contributed by atoms with Gasteiger partial charge in [-0.15, -0.1) is 0 Å². The van der Waals surface area contributed by atoms with Crippen molar-refractivity contribution in [2.45, 2.75) is 26.8 Å². The highest BCUT2D eigenvalue weighted by atomic mass is 16.1. The molecule has 0 aliphatic rings. The molecule has 0 bridgehead atoms. The van der Waals surface area contributed by atoms with Gasteiger partial charge in [-0.25, -0.2) is 0 Å². The summed E-state index contributed by atoms with van der Waals surface area (Å²) < 4.78 is 0. The molecule has 0 saturated carbocycles. The minimum atomic E-state index is -0.0591. The molecule has 18 heavy (non-hydrogen) atoms. The van der Waals surface area contributed by atoms with Crippen LogP contribution in [0.25, 0.3) is 0 Å². The molecule has 0 aliphatic heterocycles. The fraction of sp³-hybridized carbons (Fsp3) is 0.286. The number of rotatable bonds is 3. The molecule has 1 amide bonds. The summed E-state index contributed by atoms with van der Waals surface area (Å²) in [5.74, 6) is -0.0510. The largest absolute Gasteiger partial charge is 0.345 e. The molecular weight excluding hydrogens is 226 g/mol. The number of carbonyl (C=O) groups excluding carboxylic acids is 1. The number of hydrogen-bond acceptors (Lipinski definition) is 2. The number of hydrogen-bond donors (Lipinski definition) is 2.